The first kappa shape index (κ1) is 75.6. The van der Waals surface area contributed by atoms with Crippen molar-refractivity contribution < 1.29 is 9.53 Å². The topological polar surface area (TPSA) is 123 Å². The minimum atomic E-state index is -0.197. The second kappa shape index (κ2) is 40.5. The number of carbonyl (C=O) groups is 1. The summed E-state index contributed by atoms with van der Waals surface area (Å²) < 4.78 is 5.00. The molecule has 9 fully saturated rings. The molecular formula is C85H148N8O2. The second-order valence-corrected chi connectivity index (χ2v) is 33.9. The summed E-state index contributed by atoms with van der Waals surface area (Å²) in [4.78, 5) is 12.2. The van der Waals surface area contributed by atoms with Gasteiger partial charge in [-0.1, -0.05) is 297 Å². The lowest BCUT2D eigenvalue weighted by molar-refractivity contribution is -0.139. The third-order valence-electron chi connectivity index (χ3n) is 27.4. The van der Waals surface area contributed by atoms with Crippen LogP contribution in [-0.2, 0) is 16.0 Å². The Labute approximate surface area is 584 Å². The number of unbranched alkanes of at least 4 members (excludes halogenated alkanes) is 24. The van der Waals surface area contributed by atoms with Gasteiger partial charge in [-0.25, -0.2) is 0 Å². The van der Waals surface area contributed by atoms with Crippen LogP contribution >= 0.6 is 0 Å². The highest BCUT2D eigenvalue weighted by molar-refractivity contribution is 5.72. The second-order valence-electron chi connectivity index (χ2n) is 33.9. The summed E-state index contributed by atoms with van der Waals surface area (Å²) in [6.07, 6.45) is 64.4. The van der Waals surface area contributed by atoms with Gasteiger partial charge >= 0.3 is 5.97 Å². The number of carbonyl (C=O) groups excluding carboxylic acids is 1. The predicted octanol–water partition coefficient (Wildman–Crippen LogP) is 19.1. The highest BCUT2D eigenvalue weighted by Gasteiger charge is 2.58. The lowest BCUT2D eigenvalue weighted by Gasteiger charge is -2.44. The highest BCUT2D eigenvalue weighted by atomic mass is 16.5. The molecule has 9 aliphatic rings. The van der Waals surface area contributed by atoms with E-state index in [-0.39, 0.29) is 36.8 Å². The monoisotopic (exact) mass is 1310 g/mol. The van der Waals surface area contributed by atoms with Crippen LogP contribution in [0.2, 0.25) is 0 Å². The SMILES string of the molecule is CCCCCCCC1CC2C3NC4NC(NC5NC(NC6NC(NC(N3)C2CC1CCCCCCC)C1CC(CCCCCCC)C(CCCCCCC)CC61)C1CC(CCCCCCC)C(CCCCCCC)CC51)C1CC(C#Cc2ccc(CC(=O)OC)cc2)CCC41. The summed E-state index contributed by atoms with van der Waals surface area (Å²) in [5, 5.41) is 37.1. The number of ether oxygens (including phenoxy) is 1. The molecule has 0 spiro atoms. The fourth-order valence-electron chi connectivity index (χ4n) is 22.0. The van der Waals surface area contributed by atoms with Gasteiger partial charge in [-0.2, -0.15) is 0 Å². The molecule has 10 nitrogen and oxygen atoms in total. The standard InChI is InChI=1S/C85H148N8O2/c1-8-14-20-26-32-38-63-54-71-72(55-64(63)39-33-27-21-15-9-2)82-89-80(71)87-78-69-51-50-61(47-44-60-45-48-62(49-46-60)53-77(94)95-7)52-70(69)79(86-78)88-81-73-56-65(40-34-28-22-16-10-3)66(41-35-29-23-17-11-4)57-74(73)83(90-81)92-85-76-59-68(43-37-31-25-19-13-6)67(42-36-30-24-18-12-5)58-75(76)84(91-82)93-85/h45-46,48-49,61,63-76,78-93H,8-43,50-59H2,1-7H3. The van der Waals surface area contributed by atoms with Crippen molar-refractivity contribution in [3.05, 3.63) is 35.4 Å². The fraction of sp³-hybridized carbons (Fsp3) is 0.894. The van der Waals surface area contributed by atoms with E-state index in [2.05, 4.69) is 110 Å². The van der Waals surface area contributed by atoms with E-state index in [1.807, 2.05) is 0 Å². The van der Waals surface area contributed by atoms with E-state index >= 15 is 0 Å². The molecule has 95 heavy (non-hydrogen) atoms. The molecular weight excluding hydrogens is 1160 g/mol. The Morgan fingerprint density at radius 1 is 0.337 bits per heavy atom. The van der Waals surface area contributed by atoms with Crippen LogP contribution in [0.4, 0.5) is 0 Å². The van der Waals surface area contributed by atoms with Crippen LogP contribution in [0.1, 0.15) is 342 Å². The van der Waals surface area contributed by atoms with Crippen molar-refractivity contribution in [2.24, 2.45) is 88.8 Å². The number of esters is 1. The van der Waals surface area contributed by atoms with Crippen LogP contribution in [0.3, 0.4) is 0 Å². The lowest BCUT2D eigenvalue weighted by atomic mass is 9.64. The zero-order valence-electron chi connectivity index (χ0n) is 62.4. The van der Waals surface area contributed by atoms with Crippen LogP contribution in [0.25, 0.3) is 0 Å². The maximum atomic E-state index is 12.2. The van der Waals surface area contributed by atoms with Crippen molar-refractivity contribution in [2.75, 3.05) is 7.11 Å². The van der Waals surface area contributed by atoms with Crippen LogP contribution in [0.15, 0.2) is 24.3 Å². The number of fused-ring (bicyclic) bond motifs is 20. The van der Waals surface area contributed by atoms with Gasteiger partial charge in [0.05, 0.1) is 62.9 Å². The summed E-state index contributed by atoms with van der Waals surface area (Å²) in [5.74, 6) is 17.4. The molecule has 8 bridgehead atoms. The molecule has 0 amide bonds. The van der Waals surface area contributed by atoms with Gasteiger partial charge in [-0.05, 0) is 158 Å². The van der Waals surface area contributed by atoms with Gasteiger partial charge in [0.1, 0.15) is 0 Å². The summed E-state index contributed by atoms with van der Waals surface area (Å²) in [6.45, 7) is 14.3. The van der Waals surface area contributed by atoms with E-state index in [9.17, 15) is 4.79 Å². The number of methoxy groups -OCH3 is 1. The molecule has 0 aromatic heterocycles. The highest BCUT2D eigenvalue weighted by Crippen LogP contribution is 2.53. The Balaban J connectivity index is 0.992. The van der Waals surface area contributed by atoms with E-state index in [0.29, 0.717) is 78.2 Å². The number of hydrogen-bond donors (Lipinski definition) is 8. The van der Waals surface area contributed by atoms with Crippen molar-refractivity contribution in [1.29, 1.82) is 0 Å². The van der Waals surface area contributed by atoms with Gasteiger partial charge in [0.2, 0.25) is 0 Å². The minimum absolute atomic E-state index is 0.197. The first-order chi connectivity index (χ1) is 46.7. The Morgan fingerprint density at radius 2 is 0.589 bits per heavy atom. The molecule has 1 aromatic rings. The predicted molar refractivity (Wildman–Crippen MR) is 399 cm³/mol. The molecule has 23 unspecified atom stereocenters. The fourth-order valence-corrected chi connectivity index (χ4v) is 22.0. The van der Waals surface area contributed by atoms with Gasteiger partial charge in [-0.3, -0.25) is 47.3 Å². The summed E-state index contributed by atoms with van der Waals surface area (Å²) in [7, 11) is 1.47. The smallest absolute Gasteiger partial charge is 0.309 e. The van der Waals surface area contributed by atoms with Crippen LogP contribution < -0.4 is 42.5 Å². The summed E-state index contributed by atoms with van der Waals surface area (Å²) in [5.41, 5.74) is 2.02. The molecule has 540 valence electrons. The zero-order valence-corrected chi connectivity index (χ0v) is 62.4. The van der Waals surface area contributed by atoms with Gasteiger partial charge in [-0.15, -0.1) is 0 Å². The largest absolute Gasteiger partial charge is 0.469 e. The molecule has 0 radical (unpaired) electrons. The Kier molecular flexibility index (Phi) is 32.3. The van der Waals surface area contributed by atoms with Crippen molar-refractivity contribution in [3.63, 3.8) is 0 Å². The van der Waals surface area contributed by atoms with E-state index in [4.69, 9.17) is 15.4 Å². The Bertz CT molecular complexity index is 2360. The molecule has 5 saturated heterocycles. The van der Waals surface area contributed by atoms with Crippen molar-refractivity contribution in [3.8, 4) is 11.8 Å². The normalized spacial score (nSPS) is 36.4. The third-order valence-corrected chi connectivity index (χ3v) is 27.4. The number of benzene rings is 1. The first-order valence-corrected chi connectivity index (χ1v) is 42.5. The zero-order chi connectivity index (χ0) is 66.1. The van der Waals surface area contributed by atoms with Gasteiger partial charge in [0.15, 0.2) is 0 Å². The van der Waals surface area contributed by atoms with Gasteiger partial charge in [0, 0.05) is 11.5 Å². The Hall–Kier alpha value is -2.07. The number of hydrogen-bond acceptors (Lipinski definition) is 10. The third kappa shape index (κ3) is 21.5. The first-order valence-electron chi connectivity index (χ1n) is 42.5. The van der Waals surface area contributed by atoms with E-state index in [0.717, 1.165) is 59.5 Å². The lowest BCUT2D eigenvalue weighted by Crippen LogP contribution is -2.61. The molecule has 10 rings (SSSR count). The van der Waals surface area contributed by atoms with Crippen molar-refractivity contribution >= 4 is 5.97 Å². The molecule has 10 heteroatoms. The molecule has 4 aliphatic carbocycles. The van der Waals surface area contributed by atoms with Crippen LogP contribution in [0, 0.1) is 101 Å². The molecule has 5 aliphatic heterocycles. The maximum Gasteiger partial charge on any atom is 0.309 e. The Morgan fingerprint density at radius 3 is 0.853 bits per heavy atom. The summed E-state index contributed by atoms with van der Waals surface area (Å²) in [6, 6.07) is 8.34. The van der Waals surface area contributed by atoms with Crippen LogP contribution in [0.5, 0.6) is 0 Å². The molecule has 4 saturated carbocycles. The van der Waals surface area contributed by atoms with Crippen molar-refractivity contribution in [2.45, 2.75) is 386 Å². The summed E-state index contributed by atoms with van der Waals surface area (Å²) >= 11 is 0. The number of rotatable bonds is 38. The van der Waals surface area contributed by atoms with E-state index in [1.165, 1.54) is 283 Å². The van der Waals surface area contributed by atoms with E-state index in [1.54, 1.807) is 0 Å². The van der Waals surface area contributed by atoms with Gasteiger partial charge in [0.25, 0.3) is 0 Å². The molecule has 5 heterocycles. The van der Waals surface area contributed by atoms with Crippen molar-refractivity contribution in [1.82, 2.24) is 42.5 Å². The van der Waals surface area contributed by atoms with Crippen LogP contribution in [-0.4, -0.2) is 62.4 Å². The van der Waals surface area contributed by atoms with E-state index < -0.39 is 0 Å². The number of nitrogens with one attached hydrogen (secondary N) is 8. The minimum Gasteiger partial charge on any atom is -0.469 e. The molecule has 8 N–H and O–H groups in total. The quantitative estimate of drug-likeness (QED) is 0.0185. The molecule has 23 atom stereocenters. The molecule has 1 aromatic carbocycles. The average molecular weight is 1310 g/mol. The van der Waals surface area contributed by atoms with Gasteiger partial charge < -0.3 is 4.74 Å². The average Bonchev–Trinajstić information content (AvgIpc) is 1.61. The maximum absolute atomic E-state index is 12.2.